The normalized spacial score (nSPS) is 13.0. The molecule has 4 nitrogen and oxygen atoms in total. The molecule has 1 atom stereocenters. The molecule has 0 aliphatic rings. The van der Waals surface area contributed by atoms with Gasteiger partial charge in [-0.3, -0.25) is 0 Å². The lowest BCUT2D eigenvalue weighted by atomic mass is 10.0. The summed E-state index contributed by atoms with van der Waals surface area (Å²) in [6.07, 6.45) is -4.41. The molecule has 0 spiro atoms. The molecule has 1 unspecified atom stereocenters. The number of aliphatic imine (C=N–C) groups is 1. The molecule has 1 aromatic carbocycles. The van der Waals surface area contributed by atoms with E-state index in [2.05, 4.69) is 39.7 Å². The number of nitrogens with one attached hydrogen (secondary N) is 2. The van der Waals surface area contributed by atoms with Gasteiger partial charge in [-0.15, -0.1) is 35.3 Å². The first kappa shape index (κ1) is 22.7. The summed E-state index contributed by atoms with van der Waals surface area (Å²) in [5.41, 5.74) is 0.346. The average molecular weight is 498 g/mol. The van der Waals surface area contributed by atoms with E-state index in [0.717, 1.165) is 16.7 Å². The van der Waals surface area contributed by atoms with Gasteiger partial charge < -0.3 is 10.6 Å². The molecule has 2 N–H and O–H groups in total. The molecule has 2 aromatic rings. The molecule has 9 heteroatoms. The lowest BCUT2D eigenvalue weighted by Crippen LogP contribution is -2.39. The first-order chi connectivity index (χ1) is 11.9. The zero-order valence-corrected chi connectivity index (χ0v) is 17.7. The molecule has 0 aliphatic carbocycles. The minimum Gasteiger partial charge on any atom is -0.357 e. The van der Waals surface area contributed by atoms with Crippen molar-refractivity contribution in [2.24, 2.45) is 4.99 Å². The van der Waals surface area contributed by atoms with Crippen LogP contribution in [0.5, 0.6) is 0 Å². The van der Waals surface area contributed by atoms with Crippen molar-refractivity contribution in [2.45, 2.75) is 32.5 Å². The quantitative estimate of drug-likeness (QED) is 0.347. The van der Waals surface area contributed by atoms with Gasteiger partial charge in [0, 0.05) is 18.5 Å². The number of thiazole rings is 1. The fourth-order valence-electron chi connectivity index (χ4n) is 2.15. The second-order valence-corrected chi connectivity index (χ2v) is 6.45. The number of hydrogen-bond acceptors (Lipinski definition) is 3. The molecular weight excluding hydrogens is 476 g/mol. The second-order valence-electron chi connectivity index (χ2n) is 5.51. The summed E-state index contributed by atoms with van der Waals surface area (Å²) in [6, 6.07) is 10.1. The van der Waals surface area contributed by atoms with Crippen molar-refractivity contribution >= 4 is 41.3 Å². The van der Waals surface area contributed by atoms with Crippen molar-refractivity contribution in [1.29, 1.82) is 0 Å². The Morgan fingerprint density at radius 1 is 1.23 bits per heavy atom. The van der Waals surface area contributed by atoms with Crippen LogP contribution < -0.4 is 10.6 Å². The average Bonchev–Trinajstić information content (AvgIpc) is 3.07. The Kier molecular flexibility index (Phi) is 9.34. The monoisotopic (exact) mass is 498 g/mol. The molecule has 0 aliphatic heterocycles. The zero-order valence-electron chi connectivity index (χ0n) is 14.5. The SMILES string of the molecule is CCNC(=NCc1nc(C(F)(F)F)cs1)NCC(C)c1ccccc1.I. The molecule has 0 fully saturated rings. The van der Waals surface area contributed by atoms with Crippen molar-refractivity contribution in [2.75, 3.05) is 13.1 Å². The minimum atomic E-state index is -4.41. The van der Waals surface area contributed by atoms with Crippen molar-refractivity contribution in [1.82, 2.24) is 15.6 Å². The summed E-state index contributed by atoms with van der Waals surface area (Å²) in [7, 11) is 0. The van der Waals surface area contributed by atoms with Crippen LogP contribution in [0, 0.1) is 0 Å². The van der Waals surface area contributed by atoms with E-state index >= 15 is 0 Å². The zero-order chi connectivity index (χ0) is 18.3. The van der Waals surface area contributed by atoms with Gasteiger partial charge >= 0.3 is 6.18 Å². The highest BCUT2D eigenvalue weighted by atomic mass is 127. The minimum absolute atomic E-state index is 0. The summed E-state index contributed by atoms with van der Waals surface area (Å²) in [5.74, 6) is 0.843. The van der Waals surface area contributed by atoms with Crippen LogP contribution in [0.1, 0.15) is 36.0 Å². The molecule has 144 valence electrons. The Morgan fingerprint density at radius 3 is 2.50 bits per heavy atom. The third-order valence-corrected chi connectivity index (χ3v) is 4.34. The molecule has 0 radical (unpaired) electrons. The topological polar surface area (TPSA) is 49.3 Å². The highest BCUT2D eigenvalue weighted by Crippen LogP contribution is 2.30. The van der Waals surface area contributed by atoms with Gasteiger partial charge in [0.2, 0.25) is 0 Å². The summed E-state index contributed by atoms with van der Waals surface area (Å²) >= 11 is 0.964. The van der Waals surface area contributed by atoms with E-state index in [0.29, 0.717) is 24.1 Å². The van der Waals surface area contributed by atoms with Gasteiger partial charge in [0.05, 0.1) is 6.54 Å². The van der Waals surface area contributed by atoms with E-state index in [4.69, 9.17) is 0 Å². The number of rotatable bonds is 6. The van der Waals surface area contributed by atoms with Crippen LogP contribution in [-0.4, -0.2) is 24.0 Å². The summed E-state index contributed by atoms with van der Waals surface area (Å²) in [4.78, 5) is 7.91. The Labute approximate surface area is 172 Å². The van der Waals surface area contributed by atoms with E-state index in [1.165, 1.54) is 5.56 Å². The predicted molar refractivity (Wildman–Crippen MR) is 110 cm³/mol. The van der Waals surface area contributed by atoms with Gasteiger partial charge in [-0.1, -0.05) is 37.3 Å². The van der Waals surface area contributed by atoms with Crippen molar-refractivity contribution in [3.63, 3.8) is 0 Å². The third-order valence-electron chi connectivity index (χ3n) is 3.50. The van der Waals surface area contributed by atoms with E-state index in [-0.39, 0.29) is 36.4 Å². The maximum absolute atomic E-state index is 12.6. The Hall–Kier alpha value is -1.36. The number of guanidine groups is 1. The highest BCUT2D eigenvalue weighted by molar-refractivity contribution is 14.0. The van der Waals surface area contributed by atoms with Crippen LogP contribution in [0.25, 0.3) is 0 Å². The molecule has 1 aromatic heterocycles. The van der Waals surface area contributed by atoms with Crippen LogP contribution in [0.15, 0.2) is 40.7 Å². The summed E-state index contributed by atoms with van der Waals surface area (Å²) < 4.78 is 37.7. The highest BCUT2D eigenvalue weighted by Gasteiger charge is 2.33. The molecule has 1 heterocycles. The molecule has 0 bridgehead atoms. The Balaban J connectivity index is 0.00000338. The largest absolute Gasteiger partial charge is 0.434 e. The van der Waals surface area contributed by atoms with Gasteiger partial charge in [0.15, 0.2) is 11.7 Å². The first-order valence-corrected chi connectivity index (χ1v) is 8.86. The van der Waals surface area contributed by atoms with E-state index in [9.17, 15) is 13.2 Å². The molecule has 0 amide bonds. The van der Waals surface area contributed by atoms with Crippen LogP contribution in [0.2, 0.25) is 0 Å². The molecular formula is C17H22F3IN4S. The van der Waals surface area contributed by atoms with Gasteiger partial charge in [-0.25, -0.2) is 9.98 Å². The Morgan fingerprint density at radius 2 is 1.92 bits per heavy atom. The van der Waals surface area contributed by atoms with Gasteiger partial charge in [-0.05, 0) is 18.4 Å². The van der Waals surface area contributed by atoms with E-state index in [1.54, 1.807) is 0 Å². The Bertz CT molecular complexity index is 689. The first-order valence-electron chi connectivity index (χ1n) is 7.99. The van der Waals surface area contributed by atoms with Crippen LogP contribution >= 0.6 is 35.3 Å². The van der Waals surface area contributed by atoms with E-state index < -0.39 is 11.9 Å². The fourth-order valence-corrected chi connectivity index (χ4v) is 2.88. The number of hydrogen-bond donors (Lipinski definition) is 2. The smallest absolute Gasteiger partial charge is 0.357 e. The number of benzene rings is 1. The van der Waals surface area contributed by atoms with Gasteiger partial charge in [0.1, 0.15) is 5.01 Å². The van der Waals surface area contributed by atoms with Crippen molar-refractivity contribution in [3.05, 3.63) is 52.0 Å². The van der Waals surface area contributed by atoms with Gasteiger partial charge in [0.25, 0.3) is 0 Å². The van der Waals surface area contributed by atoms with Crippen molar-refractivity contribution < 1.29 is 13.2 Å². The number of halogens is 4. The number of nitrogens with zero attached hydrogens (tertiary/aromatic N) is 2. The second kappa shape index (κ2) is 10.7. The van der Waals surface area contributed by atoms with Crippen LogP contribution in [0.4, 0.5) is 13.2 Å². The molecule has 2 rings (SSSR count). The fraction of sp³-hybridized carbons (Fsp3) is 0.412. The molecule has 26 heavy (non-hydrogen) atoms. The number of alkyl halides is 3. The van der Waals surface area contributed by atoms with E-state index in [1.807, 2.05) is 25.1 Å². The molecule has 0 saturated carbocycles. The summed E-state index contributed by atoms with van der Waals surface area (Å²) in [5, 5.41) is 7.66. The van der Waals surface area contributed by atoms with Crippen LogP contribution in [0.3, 0.4) is 0 Å². The number of aromatic nitrogens is 1. The maximum atomic E-state index is 12.6. The van der Waals surface area contributed by atoms with Crippen molar-refractivity contribution in [3.8, 4) is 0 Å². The predicted octanol–water partition coefficient (Wildman–Crippen LogP) is 4.64. The maximum Gasteiger partial charge on any atom is 0.434 e. The lowest BCUT2D eigenvalue weighted by molar-refractivity contribution is -0.140. The standard InChI is InChI=1S/C17H21F3N4S.HI/c1-3-21-16(22-9-12(2)13-7-5-4-6-8-13)23-10-15-24-14(11-25-15)17(18,19)20;/h4-8,11-12H,3,9-10H2,1-2H3,(H2,21,22,23);1H. The van der Waals surface area contributed by atoms with Crippen LogP contribution in [-0.2, 0) is 12.7 Å². The van der Waals surface area contributed by atoms with Gasteiger partial charge in [-0.2, -0.15) is 13.2 Å². The third kappa shape index (κ3) is 7.10. The lowest BCUT2D eigenvalue weighted by Gasteiger charge is -2.16. The summed E-state index contributed by atoms with van der Waals surface area (Å²) in [6.45, 7) is 5.47. The molecule has 0 saturated heterocycles.